The maximum Gasteiger partial charge on any atom is 0.216 e. The molecule has 3 heteroatoms. The van der Waals surface area contributed by atoms with Crippen LogP contribution in [-0.2, 0) is 7.05 Å². The fourth-order valence-corrected chi connectivity index (χ4v) is 6.78. The molecule has 1 aliphatic carbocycles. The molecule has 0 spiro atoms. The van der Waals surface area contributed by atoms with Gasteiger partial charge < -0.3 is 4.42 Å². The Bertz CT molecular complexity index is 1820. The summed E-state index contributed by atoms with van der Waals surface area (Å²) in [7, 11) is 2.05. The number of hydrogen-bond acceptors (Lipinski definition) is 1. The number of aryl methyl sites for hydroxylation is 2. The van der Waals surface area contributed by atoms with Gasteiger partial charge in [0, 0.05) is 28.5 Å². The second kappa shape index (κ2) is 9.09. The Hall–Kier alpha value is -3.98. The Morgan fingerprint density at radius 2 is 1.42 bits per heavy atom. The lowest BCUT2D eigenvalue weighted by atomic mass is 9.75. The topological polar surface area (TPSA) is 17.0 Å². The molecule has 1 aliphatic rings. The van der Waals surface area contributed by atoms with E-state index in [1.165, 1.54) is 16.3 Å². The minimum absolute atomic E-state index is 0.145. The van der Waals surface area contributed by atoms with Gasteiger partial charge in [-0.25, -0.2) is 8.96 Å². The maximum atomic E-state index is 15.6. The minimum Gasteiger partial charge on any atom is -0.455 e. The first-order valence-corrected chi connectivity index (χ1v) is 13.7. The van der Waals surface area contributed by atoms with Gasteiger partial charge in [0.25, 0.3) is 0 Å². The van der Waals surface area contributed by atoms with E-state index < -0.39 is 0 Å². The zero-order valence-electron chi connectivity index (χ0n) is 21.9. The van der Waals surface area contributed by atoms with Crippen LogP contribution in [0.25, 0.3) is 44.0 Å². The zero-order valence-corrected chi connectivity index (χ0v) is 21.9. The standard InChI is InChI=1S/C35H31FNO/c1-22-13-18-28-29-19-20-30(36)33(35(29)38-34(28)32(22)31-12-5-6-21-37(31)2)25-16-14-24(15-17-25)27-11-7-9-23-8-3-4-10-26(23)27/h3-13,18-21,24-25H,14-17H2,1-2H3/q+1. The lowest BCUT2D eigenvalue weighted by Crippen LogP contribution is -2.30. The normalized spacial score (nSPS) is 18.0. The lowest BCUT2D eigenvalue weighted by molar-refractivity contribution is -0.660. The second-order valence-electron chi connectivity index (χ2n) is 10.9. The predicted octanol–water partition coefficient (Wildman–Crippen LogP) is 9.12. The quantitative estimate of drug-likeness (QED) is 0.221. The number of aromatic nitrogens is 1. The van der Waals surface area contributed by atoms with E-state index >= 15 is 4.39 Å². The second-order valence-corrected chi connectivity index (χ2v) is 10.9. The fourth-order valence-electron chi connectivity index (χ4n) is 6.78. The van der Waals surface area contributed by atoms with Crippen molar-refractivity contribution in [2.24, 2.45) is 7.05 Å². The molecular weight excluding hydrogens is 469 g/mol. The number of furan rings is 1. The molecule has 6 aromatic rings. The van der Waals surface area contributed by atoms with Gasteiger partial charge in [-0.2, -0.15) is 0 Å². The van der Waals surface area contributed by atoms with Crippen molar-refractivity contribution in [1.29, 1.82) is 0 Å². The third-order valence-electron chi connectivity index (χ3n) is 8.71. The van der Waals surface area contributed by atoms with Gasteiger partial charge in [-0.15, -0.1) is 0 Å². The van der Waals surface area contributed by atoms with Crippen molar-refractivity contribution in [1.82, 2.24) is 0 Å². The van der Waals surface area contributed by atoms with E-state index in [2.05, 4.69) is 91.5 Å². The SMILES string of the molecule is Cc1ccc2c(oc3c(C4CCC(c5cccc6ccccc56)CC4)c(F)ccc32)c1-c1cccc[n+]1C. The molecule has 188 valence electrons. The van der Waals surface area contributed by atoms with Crippen molar-refractivity contribution >= 4 is 32.7 Å². The van der Waals surface area contributed by atoms with Gasteiger partial charge >= 0.3 is 0 Å². The molecule has 0 unspecified atom stereocenters. The van der Waals surface area contributed by atoms with E-state index in [-0.39, 0.29) is 11.7 Å². The summed E-state index contributed by atoms with van der Waals surface area (Å²) in [5.41, 5.74) is 7.07. The van der Waals surface area contributed by atoms with Crippen LogP contribution in [-0.4, -0.2) is 0 Å². The molecule has 0 aliphatic heterocycles. The van der Waals surface area contributed by atoms with Crippen LogP contribution >= 0.6 is 0 Å². The van der Waals surface area contributed by atoms with Crippen LogP contribution in [0, 0.1) is 12.7 Å². The minimum atomic E-state index is -0.145. The van der Waals surface area contributed by atoms with Gasteiger partial charge in [0.05, 0.1) is 5.56 Å². The summed E-state index contributed by atoms with van der Waals surface area (Å²) in [4.78, 5) is 0. The van der Waals surface area contributed by atoms with Crippen molar-refractivity contribution in [3.63, 3.8) is 0 Å². The highest BCUT2D eigenvalue weighted by Crippen LogP contribution is 2.46. The van der Waals surface area contributed by atoms with Crippen LogP contribution in [0.5, 0.6) is 0 Å². The fraction of sp³-hybridized carbons (Fsp3) is 0.229. The third-order valence-corrected chi connectivity index (χ3v) is 8.71. The molecule has 38 heavy (non-hydrogen) atoms. The molecule has 0 bridgehead atoms. The average Bonchev–Trinajstić information content (AvgIpc) is 3.32. The highest BCUT2D eigenvalue weighted by Gasteiger charge is 2.30. The van der Waals surface area contributed by atoms with E-state index in [0.717, 1.165) is 70.0 Å². The number of rotatable bonds is 3. The molecule has 2 heterocycles. The summed E-state index contributed by atoms with van der Waals surface area (Å²) < 4.78 is 24.3. The average molecular weight is 501 g/mol. The first-order chi connectivity index (χ1) is 18.6. The van der Waals surface area contributed by atoms with Gasteiger partial charge in [0.2, 0.25) is 5.69 Å². The maximum absolute atomic E-state index is 15.6. The van der Waals surface area contributed by atoms with Crippen LogP contribution in [0.1, 0.15) is 54.2 Å². The van der Waals surface area contributed by atoms with E-state index in [4.69, 9.17) is 4.42 Å². The summed E-state index contributed by atoms with van der Waals surface area (Å²) >= 11 is 0. The molecule has 1 saturated carbocycles. The van der Waals surface area contributed by atoms with Gasteiger partial charge in [-0.1, -0.05) is 54.6 Å². The molecule has 0 saturated heterocycles. The number of hydrogen-bond donors (Lipinski definition) is 0. The highest BCUT2D eigenvalue weighted by molar-refractivity contribution is 6.10. The van der Waals surface area contributed by atoms with Gasteiger partial charge in [0.15, 0.2) is 6.20 Å². The number of pyridine rings is 1. The van der Waals surface area contributed by atoms with Crippen molar-refractivity contribution in [3.8, 4) is 11.3 Å². The Labute approximate surface area is 222 Å². The van der Waals surface area contributed by atoms with E-state index in [0.29, 0.717) is 5.92 Å². The van der Waals surface area contributed by atoms with Crippen molar-refractivity contribution < 1.29 is 13.4 Å². The number of nitrogens with zero attached hydrogens (tertiary/aromatic N) is 1. The first kappa shape index (κ1) is 23.2. The van der Waals surface area contributed by atoms with Gasteiger partial charge in [-0.3, -0.25) is 0 Å². The number of fused-ring (bicyclic) bond motifs is 4. The van der Waals surface area contributed by atoms with Gasteiger partial charge in [-0.05, 0) is 84.5 Å². The summed E-state index contributed by atoms with van der Waals surface area (Å²) in [6.07, 6.45) is 6.08. The van der Waals surface area contributed by atoms with Crippen LogP contribution in [0.3, 0.4) is 0 Å². The van der Waals surface area contributed by atoms with E-state index in [1.54, 1.807) is 6.07 Å². The Morgan fingerprint density at radius 1 is 0.711 bits per heavy atom. The van der Waals surface area contributed by atoms with Crippen molar-refractivity contribution in [2.45, 2.75) is 44.4 Å². The van der Waals surface area contributed by atoms with Crippen LogP contribution in [0.2, 0.25) is 0 Å². The largest absolute Gasteiger partial charge is 0.455 e. The summed E-state index contributed by atoms with van der Waals surface area (Å²) in [6.45, 7) is 2.12. The summed E-state index contributed by atoms with van der Waals surface area (Å²) in [5.74, 6) is 0.513. The Balaban J connectivity index is 1.30. The molecule has 1 fully saturated rings. The zero-order chi connectivity index (χ0) is 25.8. The van der Waals surface area contributed by atoms with E-state index in [9.17, 15) is 0 Å². The highest BCUT2D eigenvalue weighted by atomic mass is 19.1. The summed E-state index contributed by atoms with van der Waals surface area (Å²) in [5, 5.41) is 4.70. The molecule has 0 amide bonds. The molecule has 2 aromatic heterocycles. The van der Waals surface area contributed by atoms with Gasteiger partial charge in [0.1, 0.15) is 24.0 Å². The molecule has 0 N–H and O–H groups in total. The number of benzene rings is 4. The van der Waals surface area contributed by atoms with Crippen molar-refractivity contribution in [2.75, 3.05) is 0 Å². The van der Waals surface area contributed by atoms with E-state index in [1.807, 2.05) is 12.1 Å². The molecule has 4 aromatic carbocycles. The molecule has 0 radical (unpaired) electrons. The van der Waals surface area contributed by atoms with Crippen LogP contribution in [0.15, 0.2) is 95.5 Å². The molecular formula is C35H31FNO+. The van der Waals surface area contributed by atoms with Crippen molar-refractivity contribution in [3.05, 3.63) is 114 Å². The monoisotopic (exact) mass is 500 g/mol. The smallest absolute Gasteiger partial charge is 0.216 e. The predicted molar refractivity (Wildman–Crippen MR) is 153 cm³/mol. The molecule has 0 atom stereocenters. The first-order valence-electron chi connectivity index (χ1n) is 13.7. The Kier molecular flexibility index (Phi) is 5.54. The van der Waals surface area contributed by atoms with Crippen LogP contribution in [0.4, 0.5) is 4.39 Å². The molecule has 2 nitrogen and oxygen atoms in total. The lowest BCUT2D eigenvalue weighted by Gasteiger charge is -2.30. The third kappa shape index (κ3) is 3.64. The number of halogens is 1. The Morgan fingerprint density at radius 3 is 2.26 bits per heavy atom. The summed E-state index contributed by atoms with van der Waals surface area (Å²) in [6, 6.07) is 29.3. The molecule has 7 rings (SSSR count). The van der Waals surface area contributed by atoms with Crippen LogP contribution < -0.4 is 4.57 Å².